The zero-order valence-corrected chi connectivity index (χ0v) is 9.87. The molecule has 0 unspecified atom stereocenters. The van der Waals surface area contributed by atoms with Crippen LogP contribution in [-0.2, 0) is 6.42 Å². The van der Waals surface area contributed by atoms with E-state index >= 15 is 0 Å². The van der Waals surface area contributed by atoms with Crippen molar-refractivity contribution in [2.75, 3.05) is 0 Å². The summed E-state index contributed by atoms with van der Waals surface area (Å²) in [7, 11) is 0. The highest BCUT2D eigenvalue weighted by Crippen LogP contribution is 2.35. The summed E-state index contributed by atoms with van der Waals surface area (Å²) >= 11 is 4.83. The van der Waals surface area contributed by atoms with Crippen molar-refractivity contribution in [3.05, 3.63) is 26.1 Å². The molecule has 0 bridgehead atoms. The van der Waals surface area contributed by atoms with E-state index < -0.39 is 5.60 Å². The fourth-order valence-electron chi connectivity index (χ4n) is 1.00. The van der Waals surface area contributed by atoms with Crippen molar-refractivity contribution in [3.63, 3.8) is 0 Å². The van der Waals surface area contributed by atoms with Crippen LogP contribution in [0.2, 0.25) is 0 Å². The highest BCUT2D eigenvalue weighted by Gasteiger charge is 2.18. The van der Waals surface area contributed by atoms with Gasteiger partial charge in [-0.2, -0.15) is 0 Å². The smallest absolute Gasteiger partial charge is 0.202 e. The van der Waals surface area contributed by atoms with E-state index in [4.69, 9.17) is 6.57 Å². The fourth-order valence-corrected chi connectivity index (χ4v) is 2.85. The third kappa shape index (κ3) is 3.11. The second-order valence-corrected chi connectivity index (χ2v) is 5.98. The summed E-state index contributed by atoms with van der Waals surface area (Å²) < 4.78 is 0.942. The van der Waals surface area contributed by atoms with Crippen LogP contribution >= 0.6 is 27.3 Å². The van der Waals surface area contributed by atoms with Crippen LogP contribution in [0.15, 0.2) is 9.85 Å². The molecule has 2 nitrogen and oxygen atoms in total. The van der Waals surface area contributed by atoms with Crippen molar-refractivity contribution in [2.24, 2.45) is 0 Å². The first kappa shape index (κ1) is 10.7. The Balaban J connectivity index is 2.95. The second kappa shape index (κ2) is 3.79. The number of rotatable bonds is 2. The maximum absolute atomic E-state index is 9.59. The topological polar surface area (TPSA) is 24.6 Å². The van der Waals surface area contributed by atoms with Crippen molar-refractivity contribution >= 4 is 33.0 Å². The van der Waals surface area contributed by atoms with Gasteiger partial charge in [0.1, 0.15) is 0 Å². The van der Waals surface area contributed by atoms with Gasteiger partial charge in [0.25, 0.3) is 0 Å². The van der Waals surface area contributed by atoms with Crippen molar-refractivity contribution in [1.29, 1.82) is 0 Å². The lowest BCUT2D eigenvalue weighted by molar-refractivity contribution is 0.0820. The van der Waals surface area contributed by atoms with Crippen LogP contribution in [0.3, 0.4) is 0 Å². The number of hydrogen-bond donors (Lipinski definition) is 1. The Labute approximate surface area is 90.2 Å². The minimum absolute atomic E-state index is 0.529. The van der Waals surface area contributed by atoms with Crippen LogP contribution in [-0.4, -0.2) is 10.7 Å². The Hall–Kier alpha value is -0.370. The highest BCUT2D eigenvalue weighted by atomic mass is 79.9. The first-order chi connectivity index (χ1) is 5.92. The van der Waals surface area contributed by atoms with Crippen molar-refractivity contribution in [1.82, 2.24) is 0 Å². The molecule has 1 rings (SSSR count). The van der Waals surface area contributed by atoms with Crippen molar-refractivity contribution < 1.29 is 5.11 Å². The molecular weight excluding hydrogens is 250 g/mol. The SMILES string of the molecule is [C-]#[N+]c1cc(Br)sc1CC(C)(C)O. The monoisotopic (exact) mass is 259 g/mol. The van der Waals surface area contributed by atoms with Crippen LogP contribution in [0, 0.1) is 6.57 Å². The quantitative estimate of drug-likeness (QED) is 0.810. The summed E-state index contributed by atoms with van der Waals surface area (Å²) in [6.07, 6.45) is 0.529. The Bertz CT molecular complexity index is 345. The molecule has 1 aromatic heterocycles. The fraction of sp³-hybridized carbons (Fsp3) is 0.444. The number of aliphatic hydroxyl groups is 1. The van der Waals surface area contributed by atoms with E-state index in [2.05, 4.69) is 20.8 Å². The third-order valence-electron chi connectivity index (χ3n) is 1.47. The maximum atomic E-state index is 9.59. The second-order valence-electron chi connectivity index (χ2n) is 3.46. The van der Waals surface area contributed by atoms with Gasteiger partial charge in [0.15, 0.2) is 0 Å². The Morgan fingerprint density at radius 3 is 2.77 bits per heavy atom. The third-order valence-corrected chi connectivity index (χ3v) is 3.10. The van der Waals surface area contributed by atoms with Crippen LogP contribution in [0.25, 0.3) is 4.85 Å². The van der Waals surface area contributed by atoms with E-state index in [1.165, 1.54) is 11.3 Å². The molecule has 0 fully saturated rings. The van der Waals surface area contributed by atoms with Gasteiger partial charge in [-0.25, -0.2) is 4.85 Å². The average Bonchev–Trinajstić information content (AvgIpc) is 2.27. The maximum Gasteiger partial charge on any atom is 0.202 e. The molecule has 0 amide bonds. The molecule has 0 spiro atoms. The summed E-state index contributed by atoms with van der Waals surface area (Å²) in [6.45, 7) is 10.4. The molecule has 0 aliphatic rings. The van der Waals surface area contributed by atoms with Gasteiger partial charge in [-0.15, -0.1) is 11.3 Å². The molecule has 0 aliphatic carbocycles. The molecule has 4 heteroatoms. The molecule has 1 N–H and O–H groups in total. The Kier molecular flexibility index (Phi) is 3.12. The zero-order valence-electron chi connectivity index (χ0n) is 7.47. The molecule has 70 valence electrons. The van der Waals surface area contributed by atoms with Crippen LogP contribution in [0.1, 0.15) is 18.7 Å². The Morgan fingerprint density at radius 2 is 2.31 bits per heavy atom. The Morgan fingerprint density at radius 1 is 1.69 bits per heavy atom. The van der Waals surface area contributed by atoms with Crippen LogP contribution < -0.4 is 0 Å². The molecule has 0 aromatic carbocycles. The molecule has 0 radical (unpaired) electrons. The van der Waals surface area contributed by atoms with E-state index in [9.17, 15) is 5.11 Å². The van der Waals surface area contributed by atoms with Gasteiger partial charge < -0.3 is 5.11 Å². The summed E-state index contributed by atoms with van der Waals surface area (Å²) in [5.74, 6) is 0. The van der Waals surface area contributed by atoms with Gasteiger partial charge >= 0.3 is 0 Å². The van der Waals surface area contributed by atoms with E-state index in [1.807, 2.05) is 0 Å². The molecule has 0 saturated heterocycles. The summed E-state index contributed by atoms with van der Waals surface area (Å²) in [6, 6.07) is 1.79. The number of nitrogens with zero attached hydrogens (tertiary/aromatic N) is 1. The minimum Gasteiger partial charge on any atom is -0.390 e. The molecule has 1 heterocycles. The largest absolute Gasteiger partial charge is 0.390 e. The highest BCUT2D eigenvalue weighted by molar-refractivity contribution is 9.11. The lowest BCUT2D eigenvalue weighted by atomic mass is 10.0. The van der Waals surface area contributed by atoms with E-state index in [-0.39, 0.29) is 0 Å². The lowest BCUT2D eigenvalue weighted by Crippen LogP contribution is -2.21. The molecule has 0 atom stereocenters. The molecule has 1 aromatic rings. The average molecular weight is 260 g/mol. The van der Waals surface area contributed by atoms with Gasteiger partial charge in [0, 0.05) is 11.3 Å². The predicted octanol–water partition coefficient (Wildman–Crippen LogP) is 3.37. The number of halogens is 1. The van der Waals surface area contributed by atoms with E-state index in [0.717, 1.165) is 8.66 Å². The first-order valence-corrected chi connectivity index (χ1v) is 5.41. The van der Waals surface area contributed by atoms with E-state index in [0.29, 0.717) is 12.1 Å². The lowest BCUT2D eigenvalue weighted by Gasteiger charge is -2.15. The van der Waals surface area contributed by atoms with E-state index in [1.54, 1.807) is 19.9 Å². The van der Waals surface area contributed by atoms with Gasteiger partial charge in [0.2, 0.25) is 5.69 Å². The van der Waals surface area contributed by atoms with Crippen LogP contribution in [0.4, 0.5) is 5.69 Å². The van der Waals surface area contributed by atoms with Gasteiger partial charge in [-0.3, -0.25) is 0 Å². The zero-order chi connectivity index (χ0) is 10.1. The number of thiophene rings is 1. The number of hydrogen-bond acceptors (Lipinski definition) is 2. The van der Waals surface area contributed by atoms with Crippen LogP contribution in [0.5, 0.6) is 0 Å². The molecule has 13 heavy (non-hydrogen) atoms. The minimum atomic E-state index is -0.746. The summed E-state index contributed by atoms with van der Waals surface area (Å²) in [4.78, 5) is 4.33. The normalized spacial score (nSPS) is 11.3. The first-order valence-electron chi connectivity index (χ1n) is 3.80. The molecule has 0 aliphatic heterocycles. The predicted molar refractivity (Wildman–Crippen MR) is 58.3 cm³/mol. The standard InChI is InChI=1S/C9H10BrNOS/c1-9(2,12)5-7-6(11-3)4-8(10)13-7/h4,12H,5H2,1-2H3. The van der Waals surface area contributed by atoms with Gasteiger partial charge in [0.05, 0.1) is 16.0 Å². The van der Waals surface area contributed by atoms with Crippen molar-refractivity contribution in [3.8, 4) is 0 Å². The summed E-state index contributed by atoms with van der Waals surface area (Å²) in [5, 5.41) is 9.59. The molecule has 0 saturated carbocycles. The van der Waals surface area contributed by atoms with Crippen molar-refractivity contribution in [2.45, 2.75) is 25.9 Å². The summed E-state index contributed by atoms with van der Waals surface area (Å²) in [5.41, 5.74) is -0.108. The van der Waals surface area contributed by atoms with Gasteiger partial charge in [-0.05, 0) is 35.8 Å². The molecular formula is C9H10BrNOS. The van der Waals surface area contributed by atoms with Gasteiger partial charge in [-0.1, -0.05) is 0 Å².